The van der Waals surface area contributed by atoms with Crippen molar-refractivity contribution in [3.63, 3.8) is 0 Å². The summed E-state index contributed by atoms with van der Waals surface area (Å²) in [6.45, 7) is 0. The van der Waals surface area contributed by atoms with Crippen LogP contribution >= 0.6 is 11.8 Å². The highest BCUT2D eigenvalue weighted by molar-refractivity contribution is 8.00. The molecule has 0 amide bonds. The highest BCUT2D eigenvalue weighted by atomic mass is 32.2. The zero-order valence-electron chi connectivity index (χ0n) is 7.40. The van der Waals surface area contributed by atoms with Gasteiger partial charge in [-0.15, -0.1) is 11.8 Å². The highest BCUT2D eigenvalue weighted by Crippen LogP contribution is 2.38. The van der Waals surface area contributed by atoms with E-state index < -0.39 is 0 Å². The van der Waals surface area contributed by atoms with Gasteiger partial charge in [0.1, 0.15) is 6.29 Å². The van der Waals surface area contributed by atoms with E-state index in [1.807, 2.05) is 23.9 Å². The van der Waals surface area contributed by atoms with E-state index in [0.717, 1.165) is 17.1 Å². The molecule has 0 saturated heterocycles. The molecule has 0 aromatic heterocycles. The predicted octanol–water partition coefficient (Wildman–Crippen LogP) is 2.68. The van der Waals surface area contributed by atoms with Crippen molar-refractivity contribution in [2.24, 2.45) is 0 Å². The van der Waals surface area contributed by atoms with Crippen molar-refractivity contribution < 1.29 is 4.79 Å². The van der Waals surface area contributed by atoms with Gasteiger partial charge in [-0.25, -0.2) is 0 Å². The van der Waals surface area contributed by atoms with Gasteiger partial charge in [-0.2, -0.15) is 0 Å². The van der Waals surface area contributed by atoms with Crippen LogP contribution in [0, 0.1) is 0 Å². The molecule has 13 heavy (non-hydrogen) atoms. The van der Waals surface area contributed by atoms with E-state index in [9.17, 15) is 4.79 Å². The van der Waals surface area contributed by atoms with E-state index in [0.29, 0.717) is 6.42 Å². The smallest absolute Gasteiger partial charge is 0.124 e. The van der Waals surface area contributed by atoms with Crippen LogP contribution in [0.4, 0.5) is 0 Å². The number of rotatable bonds is 4. The number of hydrogen-bond acceptors (Lipinski definition) is 2. The Morgan fingerprint density at radius 2 is 2.00 bits per heavy atom. The molecule has 1 aromatic carbocycles. The topological polar surface area (TPSA) is 17.1 Å². The molecule has 1 fully saturated rings. The molecular formula is C11H12OS. The number of thioether (sulfide) groups is 1. The molecule has 0 aliphatic heterocycles. The third-order valence-electron chi connectivity index (χ3n) is 2.07. The molecule has 0 unspecified atom stereocenters. The molecule has 1 aliphatic rings. The van der Waals surface area contributed by atoms with Crippen molar-refractivity contribution in [1.29, 1.82) is 0 Å². The van der Waals surface area contributed by atoms with Gasteiger partial charge < -0.3 is 4.79 Å². The Bertz CT molecular complexity index is 287. The molecule has 0 heterocycles. The molecule has 2 heteroatoms. The minimum absolute atomic E-state index is 0.536. The lowest BCUT2D eigenvalue weighted by molar-refractivity contribution is -0.107. The van der Waals surface area contributed by atoms with Gasteiger partial charge in [0.25, 0.3) is 0 Å². The first-order chi connectivity index (χ1) is 6.38. The van der Waals surface area contributed by atoms with Crippen LogP contribution < -0.4 is 0 Å². The largest absolute Gasteiger partial charge is 0.303 e. The van der Waals surface area contributed by atoms with E-state index in [-0.39, 0.29) is 0 Å². The van der Waals surface area contributed by atoms with Gasteiger partial charge in [0.2, 0.25) is 0 Å². The van der Waals surface area contributed by atoms with Crippen molar-refractivity contribution in [3.05, 3.63) is 29.8 Å². The number of carbonyl (C=O) groups is 1. The number of benzene rings is 1. The first kappa shape index (κ1) is 8.82. The summed E-state index contributed by atoms with van der Waals surface area (Å²) in [6, 6.07) is 8.31. The highest BCUT2D eigenvalue weighted by Gasteiger charge is 2.22. The van der Waals surface area contributed by atoms with Crippen LogP contribution in [-0.4, -0.2) is 11.5 Å². The van der Waals surface area contributed by atoms with E-state index in [2.05, 4.69) is 12.1 Å². The van der Waals surface area contributed by atoms with Gasteiger partial charge in [-0.05, 0) is 30.5 Å². The maximum Gasteiger partial charge on any atom is 0.124 e. The Kier molecular flexibility index (Phi) is 2.69. The van der Waals surface area contributed by atoms with Crippen LogP contribution in [0.15, 0.2) is 29.2 Å². The molecule has 0 spiro atoms. The molecule has 1 nitrogen and oxygen atoms in total. The molecule has 2 rings (SSSR count). The van der Waals surface area contributed by atoms with Gasteiger partial charge in [-0.1, -0.05) is 12.1 Å². The average molecular weight is 192 g/mol. The maximum atomic E-state index is 10.2. The molecule has 1 aliphatic carbocycles. The Balaban J connectivity index is 1.99. The van der Waals surface area contributed by atoms with Gasteiger partial charge in [0.05, 0.1) is 0 Å². The fourth-order valence-corrected chi connectivity index (χ4v) is 2.23. The first-order valence-electron chi connectivity index (χ1n) is 4.58. The number of aldehydes is 1. The van der Waals surface area contributed by atoms with E-state index in [1.165, 1.54) is 17.7 Å². The Labute approximate surface area is 82.5 Å². The lowest BCUT2D eigenvalue weighted by atomic mass is 10.2. The maximum absolute atomic E-state index is 10.2. The van der Waals surface area contributed by atoms with Crippen molar-refractivity contribution in [3.8, 4) is 0 Å². The summed E-state index contributed by atoms with van der Waals surface area (Å²) in [5.74, 6) is 0. The third-order valence-corrected chi connectivity index (χ3v) is 3.42. The Hall–Kier alpha value is -0.760. The average Bonchev–Trinajstić information content (AvgIpc) is 2.93. The van der Waals surface area contributed by atoms with Crippen LogP contribution in [-0.2, 0) is 11.2 Å². The summed E-state index contributed by atoms with van der Waals surface area (Å²) < 4.78 is 0. The van der Waals surface area contributed by atoms with Crippen molar-refractivity contribution in [2.45, 2.75) is 29.4 Å². The standard InChI is InChI=1S/C11H12OS/c12-8-7-9-1-3-10(4-2-9)13-11-5-6-11/h1-4,8,11H,5-7H2. The molecule has 1 aromatic rings. The second kappa shape index (κ2) is 3.97. The fourth-order valence-electron chi connectivity index (χ4n) is 1.18. The van der Waals surface area contributed by atoms with Crippen LogP contribution in [0.1, 0.15) is 18.4 Å². The lowest BCUT2D eigenvalue weighted by Gasteiger charge is -1.99. The lowest BCUT2D eigenvalue weighted by Crippen LogP contribution is -1.84. The zero-order chi connectivity index (χ0) is 9.10. The van der Waals surface area contributed by atoms with Crippen molar-refractivity contribution in [2.75, 3.05) is 0 Å². The molecule has 68 valence electrons. The predicted molar refractivity (Wildman–Crippen MR) is 55.1 cm³/mol. The number of hydrogen-bond donors (Lipinski definition) is 0. The summed E-state index contributed by atoms with van der Waals surface area (Å²) >= 11 is 1.95. The minimum atomic E-state index is 0.536. The molecule has 0 radical (unpaired) electrons. The van der Waals surface area contributed by atoms with Crippen molar-refractivity contribution in [1.82, 2.24) is 0 Å². The second-order valence-corrected chi connectivity index (χ2v) is 4.71. The zero-order valence-corrected chi connectivity index (χ0v) is 8.22. The normalized spacial score (nSPS) is 15.7. The summed E-state index contributed by atoms with van der Waals surface area (Å²) in [5.41, 5.74) is 1.11. The fraction of sp³-hybridized carbons (Fsp3) is 0.364. The molecule has 0 N–H and O–H groups in total. The summed E-state index contributed by atoms with van der Waals surface area (Å²) in [5, 5.41) is 0.858. The van der Waals surface area contributed by atoms with Crippen LogP contribution in [0.3, 0.4) is 0 Å². The SMILES string of the molecule is O=CCc1ccc(SC2CC2)cc1. The Morgan fingerprint density at radius 3 is 2.54 bits per heavy atom. The third kappa shape index (κ3) is 2.59. The molecule has 1 saturated carbocycles. The first-order valence-corrected chi connectivity index (χ1v) is 5.45. The summed E-state index contributed by atoms with van der Waals surface area (Å²) in [4.78, 5) is 11.6. The molecular weight excluding hydrogens is 180 g/mol. The van der Waals surface area contributed by atoms with E-state index in [4.69, 9.17) is 0 Å². The van der Waals surface area contributed by atoms with Gasteiger partial charge in [-0.3, -0.25) is 0 Å². The van der Waals surface area contributed by atoms with Crippen molar-refractivity contribution >= 4 is 18.0 Å². The van der Waals surface area contributed by atoms with E-state index in [1.54, 1.807) is 0 Å². The van der Waals surface area contributed by atoms with Gasteiger partial charge in [0.15, 0.2) is 0 Å². The quantitative estimate of drug-likeness (QED) is 0.682. The monoisotopic (exact) mass is 192 g/mol. The number of carbonyl (C=O) groups excluding carboxylic acids is 1. The molecule has 0 bridgehead atoms. The van der Waals surface area contributed by atoms with Crippen LogP contribution in [0.25, 0.3) is 0 Å². The second-order valence-electron chi connectivity index (χ2n) is 3.33. The molecule has 0 atom stereocenters. The summed E-state index contributed by atoms with van der Waals surface area (Å²) in [7, 11) is 0. The van der Waals surface area contributed by atoms with Gasteiger partial charge in [0, 0.05) is 16.6 Å². The Morgan fingerprint density at radius 1 is 1.31 bits per heavy atom. The minimum Gasteiger partial charge on any atom is -0.303 e. The van der Waals surface area contributed by atoms with Gasteiger partial charge >= 0.3 is 0 Å². The van der Waals surface area contributed by atoms with E-state index >= 15 is 0 Å². The van der Waals surface area contributed by atoms with Crippen LogP contribution in [0.5, 0.6) is 0 Å². The van der Waals surface area contributed by atoms with Crippen LogP contribution in [0.2, 0.25) is 0 Å². The summed E-state index contributed by atoms with van der Waals surface area (Å²) in [6.07, 6.45) is 4.21.